The van der Waals surface area contributed by atoms with Crippen LogP contribution in [0.1, 0.15) is 30.6 Å². The Balaban J connectivity index is 0.000000437. The van der Waals surface area contributed by atoms with Crippen LogP contribution >= 0.6 is 0 Å². The monoisotopic (exact) mass is 236 g/mol. The number of ether oxygens (including phenoxy) is 1. The van der Waals surface area contributed by atoms with Gasteiger partial charge in [0.2, 0.25) is 0 Å². The van der Waals surface area contributed by atoms with E-state index >= 15 is 0 Å². The van der Waals surface area contributed by atoms with Gasteiger partial charge in [-0.15, -0.1) is 0 Å². The van der Waals surface area contributed by atoms with E-state index in [9.17, 15) is 14.4 Å². The number of carbonyl (C=O) groups is 3. The summed E-state index contributed by atoms with van der Waals surface area (Å²) >= 11 is 0. The molecule has 0 amide bonds. The van der Waals surface area contributed by atoms with Gasteiger partial charge in [0.15, 0.2) is 5.78 Å². The van der Waals surface area contributed by atoms with E-state index in [0.29, 0.717) is 18.6 Å². The first-order valence-corrected chi connectivity index (χ1v) is 5.24. The van der Waals surface area contributed by atoms with Gasteiger partial charge in [0.1, 0.15) is 5.78 Å². The highest BCUT2D eigenvalue weighted by Gasteiger charge is 2.06. The van der Waals surface area contributed by atoms with Crippen molar-refractivity contribution < 1.29 is 19.1 Å². The van der Waals surface area contributed by atoms with Crippen LogP contribution in [0.3, 0.4) is 0 Å². The molecule has 0 heterocycles. The maximum atomic E-state index is 11.2. The summed E-state index contributed by atoms with van der Waals surface area (Å²) in [4.78, 5) is 31.0. The Kier molecular flexibility index (Phi) is 8.20. The minimum absolute atomic E-state index is 0.00398. The van der Waals surface area contributed by atoms with Crippen LogP contribution in [0.4, 0.5) is 0 Å². The highest BCUT2D eigenvalue weighted by atomic mass is 16.5. The average Bonchev–Trinajstić information content (AvgIpc) is 2.31. The van der Waals surface area contributed by atoms with Gasteiger partial charge in [-0.25, -0.2) is 0 Å². The van der Waals surface area contributed by atoms with E-state index in [1.54, 1.807) is 31.2 Å². The molecule has 0 fully saturated rings. The lowest BCUT2D eigenvalue weighted by Gasteiger charge is -1.95. The van der Waals surface area contributed by atoms with E-state index < -0.39 is 0 Å². The van der Waals surface area contributed by atoms with Crippen LogP contribution in [0.2, 0.25) is 0 Å². The van der Waals surface area contributed by atoms with Crippen LogP contribution < -0.4 is 0 Å². The van der Waals surface area contributed by atoms with E-state index in [4.69, 9.17) is 0 Å². The van der Waals surface area contributed by atoms with Gasteiger partial charge in [0.05, 0.1) is 13.0 Å². The summed E-state index contributed by atoms with van der Waals surface area (Å²) in [5.41, 5.74) is 0.604. The largest absolute Gasteiger partial charge is 0.468 e. The zero-order valence-electron chi connectivity index (χ0n) is 10.0. The summed E-state index contributed by atoms with van der Waals surface area (Å²) in [6, 6.07) is 8.84. The van der Waals surface area contributed by atoms with Crippen LogP contribution in [-0.2, 0) is 14.3 Å². The van der Waals surface area contributed by atoms with E-state index in [1.807, 2.05) is 6.07 Å². The molecule has 4 nitrogen and oxygen atoms in total. The fourth-order valence-electron chi connectivity index (χ4n) is 1.02. The molecule has 1 rings (SSSR count). The van der Waals surface area contributed by atoms with E-state index in [-0.39, 0.29) is 18.0 Å². The quantitative estimate of drug-likeness (QED) is 0.446. The van der Waals surface area contributed by atoms with E-state index in [0.717, 1.165) is 0 Å². The van der Waals surface area contributed by atoms with Crippen LogP contribution in [0, 0.1) is 0 Å². The standard InChI is InChI=1S/C10H10O2.C3H6O2/c1-8(11)7-10(12)9-5-3-2-4-6-9;1-2-5-3-4/h2-6H,7H2,1H3;3H,2H2,1H3. The predicted octanol–water partition coefficient (Wildman–Crippen LogP) is 2.03. The topological polar surface area (TPSA) is 60.4 Å². The van der Waals surface area contributed by atoms with Crippen molar-refractivity contribution in [3.8, 4) is 0 Å². The molecule has 92 valence electrons. The summed E-state index contributed by atoms with van der Waals surface area (Å²) in [6.07, 6.45) is 0.00398. The fourth-order valence-corrected chi connectivity index (χ4v) is 1.02. The average molecular weight is 236 g/mol. The van der Waals surface area contributed by atoms with Crippen molar-refractivity contribution in [1.82, 2.24) is 0 Å². The van der Waals surface area contributed by atoms with Gasteiger partial charge < -0.3 is 4.74 Å². The number of ketones is 2. The SMILES string of the molecule is CC(=O)CC(=O)c1ccccc1.CCOC=O. The van der Waals surface area contributed by atoms with Crippen molar-refractivity contribution >= 4 is 18.0 Å². The molecule has 0 radical (unpaired) electrons. The fraction of sp³-hybridized carbons (Fsp3) is 0.308. The van der Waals surface area contributed by atoms with Gasteiger partial charge >= 0.3 is 0 Å². The molecule has 4 heteroatoms. The molecule has 0 aliphatic rings. The van der Waals surface area contributed by atoms with Crippen LogP contribution in [-0.4, -0.2) is 24.6 Å². The lowest BCUT2D eigenvalue weighted by molar-refractivity contribution is -0.128. The van der Waals surface area contributed by atoms with E-state index in [1.165, 1.54) is 6.92 Å². The summed E-state index contributed by atoms with van der Waals surface area (Å²) in [7, 11) is 0. The van der Waals surface area contributed by atoms with Crippen LogP contribution in [0.5, 0.6) is 0 Å². The molecule has 0 atom stereocenters. The Labute approximate surface area is 101 Å². The highest BCUT2D eigenvalue weighted by Crippen LogP contribution is 2.02. The van der Waals surface area contributed by atoms with Gasteiger partial charge in [0.25, 0.3) is 6.47 Å². The zero-order valence-corrected chi connectivity index (χ0v) is 10.0. The first kappa shape index (κ1) is 15.0. The van der Waals surface area contributed by atoms with Crippen molar-refractivity contribution in [2.45, 2.75) is 20.3 Å². The van der Waals surface area contributed by atoms with Gasteiger partial charge in [-0.3, -0.25) is 14.4 Å². The minimum Gasteiger partial charge on any atom is -0.468 e. The third-order valence-corrected chi connectivity index (χ3v) is 1.74. The molecule has 1 aromatic rings. The molecule has 1 aromatic carbocycles. The molecule has 17 heavy (non-hydrogen) atoms. The third-order valence-electron chi connectivity index (χ3n) is 1.74. The lowest BCUT2D eigenvalue weighted by atomic mass is 10.1. The smallest absolute Gasteiger partial charge is 0.293 e. The van der Waals surface area contributed by atoms with Crippen molar-refractivity contribution in [2.24, 2.45) is 0 Å². The second-order valence-electron chi connectivity index (χ2n) is 3.22. The maximum Gasteiger partial charge on any atom is 0.293 e. The number of carbonyl (C=O) groups excluding carboxylic acids is 3. The molecule has 0 aromatic heterocycles. The Morgan fingerprint density at radius 2 is 1.82 bits per heavy atom. The van der Waals surface area contributed by atoms with Gasteiger partial charge in [-0.1, -0.05) is 30.3 Å². The first-order chi connectivity index (χ1) is 8.11. The maximum absolute atomic E-state index is 11.2. The molecule has 0 N–H and O–H groups in total. The van der Waals surface area contributed by atoms with Crippen molar-refractivity contribution in [2.75, 3.05) is 6.61 Å². The normalized spacial score (nSPS) is 8.59. The first-order valence-electron chi connectivity index (χ1n) is 5.24. The minimum atomic E-state index is -0.108. The summed E-state index contributed by atoms with van der Waals surface area (Å²) < 4.78 is 4.15. The summed E-state index contributed by atoms with van der Waals surface area (Å²) in [5.74, 6) is -0.202. The second kappa shape index (κ2) is 9.27. The summed E-state index contributed by atoms with van der Waals surface area (Å²) in [6.45, 7) is 4.08. The number of hydrogen-bond donors (Lipinski definition) is 0. The second-order valence-corrected chi connectivity index (χ2v) is 3.22. The zero-order chi connectivity index (χ0) is 13.1. The number of Topliss-reactive ketones (excluding diaryl/α,β-unsaturated/α-hetero) is 2. The molecule has 0 spiro atoms. The molecule has 0 saturated heterocycles. The predicted molar refractivity (Wildman–Crippen MR) is 63.8 cm³/mol. The number of hydrogen-bond acceptors (Lipinski definition) is 4. The number of benzene rings is 1. The third kappa shape index (κ3) is 7.90. The Hall–Kier alpha value is -1.97. The molecular formula is C13H16O4. The molecule has 0 unspecified atom stereocenters. The van der Waals surface area contributed by atoms with Crippen molar-refractivity contribution in [1.29, 1.82) is 0 Å². The number of rotatable bonds is 5. The lowest BCUT2D eigenvalue weighted by Crippen LogP contribution is -2.04. The molecule has 0 aliphatic heterocycles. The van der Waals surface area contributed by atoms with Gasteiger partial charge in [-0.05, 0) is 13.8 Å². The van der Waals surface area contributed by atoms with Crippen LogP contribution in [0.25, 0.3) is 0 Å². The molecule has 0 aliphatic carbocycles. The highest BCUT2D eigenvalue weighted by molar-refractivity contribution is 6.07. The Morgan fingerprint density at radius 3 is 2.18 bits per heavy atom. The van der Waals surface area contributed by atoms with E-state index in [2.05, 4.69) is 4.74 Å². The van der Waals surface area contributed by atoms with Crippen molar-refractivity contribution in [3.05, 3.63) is 35.9 Å². The van der Waals surface area contributed by atoms with Gasteiger partial charge in [-0.2, -0.15) is 0 Å². The molecule has 0 saturated carbocycles. The van der Waals surface area contributed by atoms with Crippen LogP contribution in [0.15, 0.2) is 30.3 Å². The molecular weight excluding hydrogens is 220 g/mol. The van der Waals surface area contributed by atoms with Crippen molar-refractivity contribution in [3.63, 3.8) is 0 Å². The summed E-state index contributed by atoms with van der Waals surface area (Å²) in [5, 5.41) is 0. The molecule has 0 bridgehead atoms. The van der Waals surface area contributed by atoms with Gasteiger partial charge in [0, 0.05) is 5.56 Å². The Morgan fingerprint density at radius 1 is 1.24 bits per heavy atom. The Bertz CT molecular complexity index is 357.